The van der Waals surface area contributed by atoms with Gasteiger partial charge in [-0.2, -0.15) is 0 Å². The Hall–Kier alpha value is -1.77. The first-order valence-electron chi connectivity index (χ1n) is 11.1. The van der Waals surface area contributed by atoms with E-state index in [1.54, 1.807) is 13.8 Å². The number of carbonyl (C=O) groups excluding carboxylic acids is 3. The van der Waals surface area contributed by atoms with E-state index in [9.17, 15) is 24.6 Å². The van der Waals surface area contributed by atoms with Crippen molar-refractivity contribution in [2.75, 3.05) is 6.61 Å². The molecule has 8 nitrogen and oxygen atoms in total. The number of aliphatic hydroxyl groups excluding tert-OH is 1. The highest BCUT2D eigenvalue weighted by atomic mass is 16.6. The topological polar surface area (TPSA) is 119 Å². The lowest BCUT2D eigenvalue weighted by molar-refractivity contribution is -0.162. The van der Waals surface area contributed by atoms with Gasteiger partial charge in [-0.1, -0.05) is 26.3 Å². The maximum Gasteiger partial charge on any atom is 0.317 e. The van der Waals surface area contributed by atoms with Crippen LogP contribution in [0.5, 0.6) is 0 Å². The van der Waals surface area contributed by atoms with Gasteiger partial charge in [-0.3, -0.25) is 14.4 Å². The fraction of sp³-hybridized carbons (Fsp3) is 0.783. The SMILES string of the molecule is CCOC(=O)[C@@H]1[C@H]2C(=O)C3=C([C@@H](C)[C@H]4OC(=O)[C@@H]3[C@@]4(C)O)[C@@H](C)[C@@]23O[C@]1(C)[C@H](O)[C@H]3C. The number of rotatable bonds is 2. The largest absolute Gasteiger partial charge is 0.466 e. The Labute approximate surface area is 180 Å². The molecule has 0 aromatic rings. The standard InChI is InChI=1S/C23H30O8/c1-7-29-19(26)15-14-16(24)12-11(8(2)18-21(5,28)13(12)20(27)30-18)9(3)23(14)10(4)17(25)22(15,6)31-23/h8-10,13-15,17-18,25,28H,7H2,1-6H3/t8-,9-,10-,13-,14+,15+,17-,18-,21-,22+,23+/m1/s1. The number of Topliss-reactive ketones (excluding diaryl/α,β-unsaturated/α-hetero) is 1. The molecule has 8 heteroatoms. The van der Waals surface area contributed by atoms with Crippen LogP contribution in [0, 0.1) is 35.5 Å². The molecule has 3 heterocycles. The Morgan fingerprint density at radius 3 is 2.45 bits per heavy atom. The summed E-state index contributed by atoms with van der Waals surface area (Å²) in [7, 11) is 0. The fourth-order valence-electron chi connectivity index (χ4n) is 7.80. The van der Waals surface area contributed by atoms with Crippen LogP contribution in [-0.2, 0) is 28.6 Å². The second-order valence-corrected chi connectivity index (χ2v) is 10.3. The van der Waals surface area contributed by atoms with Crippen molar-refractivity contribution in [3.8, 4) is 0 Å². The summed E-state index contributed by atoms with van der Waals surface area (Å²) in [6, 6.07) is 0. The summed E-state index contributed by atoms with van der Waals surface area (Å²) in [5.74, 6) is -5.74. The molecule has 0 aromatic heterocycles. The van der Waals surface area contributed by atoms with E-state index in [0.717, 1.165) is 5.57 Å². The van der Waals surface area contributed by atoms with Crippen molar-refractivity contribution in [3.05, 3.63) is 11.1 Å². The molecule has 0 aromatic carbocycles. The number of hydrogen-bond acceptors (Lipinski definition) is 8. The predicted molar refractivity (Wildman–Crippen MR) is 105 cm³/mol. The lowest BCUT2D eigenvalue weighted by Crippen LogP contribution is -2.65. The van der Waals surface area contributed by atoms with E-state index in [-0.39, 0.29) is 23.9 Å². The summed E-state index contributed by atoms with van der Waals surface area (Å²) in [6.07, 6.45) is -1.71. The van der Waals surface area contributed by atoms with Crippen molar-refractivity contribution in [2.45, 2.75) is 70.6 Å². The number of aliphatic hydroxyl groups is 2. The highest BCUT2D eigenvalue weighted by Crippen LogP contribution is 2.69. The zero-order valence-electron chi connectivity index (χ0n) is 18.7. The first kappa shape index (κ1) is 21.1. The van der Waals surface area contributed by atoms with Gasteiger partial charge in [0.05, 0.1) is 24.2 Å². The molecule has 2 N–H and O–H groups in total. The molecule has 3 aliphatic heterocycles. The van der Waals surface area contributed by atoms with E-state index < -0.39 is 70.5 Å². The van der Waals surface area contributed by atoms with Gasteiger partial charge in [0.25, 0.3) is 0 Å². The highest BCUT2D eigenvalue weighted by molar-refractivity contribution is 6.08. The Bertz CT molecular complexity index is 936. The van der Waals surface area contributed by atoms with E-state index in [2.05, 4.69) is 0 Å². The Balaban J connectivity index is 1.75. The molecule has 31 heavy (non-hydrogen) atoms. The lowest BCUT2D eigenvalue weighted by Gasteiger charge is -2.53. The monoisotopic (exact) mass is 434 g/mol. The van der Waals surface area contributed by atoms with E-state index in [1.807, 2.05) is 20.8 Å². The molecule has 0 unspecified atom stereocenters. The second kappa shape index (κ2) is 5.97. The number of ketones is 1. The summed E-state index contributed by atoms with van der Waals surface area (Å²) < 4.78 is 17.3. The molecule has 0 saturated carbocycles. The van der Waals surface area contributed by atoms with E-state index in [0.29, 0.717) is 0 Å². The van der Waals surface area contributed by atoms with Crippen molar-refractivity contribution in [1.29, 1.82) is 0 Å². The molecule has 5 rings (SSSR count). The number of hydrogen-bond donors (Lipinski definition) is 2. The molecular formula is C23H30O8. The van der Waals surface area contributed by atoms with Gasteiger partial charge >= 0.3 is 11.9 Å². The van der Waals surface area contributed by atoms with E-state index in [1.165, 1.54) is 6.92 Å². The first-order valence-corrected chi connectivity index (χ1v) is 11.1. The third-order valence-corrected chi connectivity index (χ3v) is 9.02. The van der Waals surface area contributed by atoms with Crippen LogP contribution in [-0.4, -0.2) is 63.6 Å². The van der Waals surface area contributed by atoms with Crippen LogP contribution >= 0.6 is 0 Å². The van der Waals surface area contributed by atoms with Crippen molar-refractivity contribution in [2.24, 2.45) is 35.5 Å². The zero-order chi connectivity index (χ0) is 22.8. The van der Waals surface area contributed by atoms with Crippen LogP contribution in [0.1, 0.15) is 41.5 Å². The van der Waals surface area contributed by atoms with Crippen LogP contribution in [0.2, 0.25) is 0 Å². The molecule has 4 bridgehead atoms. The molecule has 2 aliphatic carbocycles. The van der Waals surface area contributed by atoms with E-state index in [4.69, 9.17) is 14.2 Å². The highest BCUT2D eigenvalue weighted by Gasteiger charge is 2.81. The van der Waals surface area contributed by atoms with Crippen LogP contribution < -0.4 is 0 Å². The normalized spacial score (nSPS) is 54.6. The van der Waals surface area contributed by atoms with Crippen molar-refractivity contribution in [1.82, 2.24) is 0 Å². The summed E-state index contributed by atoms with van der Waals surface area (Å²) >= 11 is 0. The predicted octanol–water partition coefficient (Wildman–Crippen LogP) is 0.778. The minimum absolute atomic E-state index is 0.136. The summed E-state index contributed by atoms with van der Waals surface area (Å²) in [5.41, 5.74) is -2.89. The Morgan fingerprint density at radius 2 is 1.84 bits per heavy atom. The quantitative estimate of drug-likeness (QED) is 0.612. The van der Waals surface area contributed by atoms with Crippen LogP contribution in [0.15, 0.2) is 11.1 Å². The fourth-order valence-corrected chi connectivity index (χ4v) is 7.80. The Kier molecular flexibility index (Phi) is 4.06. The summed E-state index contributed by atoms with van der Waals surface area (Å²) in [5, 5.41) is 22.2. The number of esters is 2. The molecule has 11 atom stereocenters. The minimum atomic E-state index is -1.51. The molecule has 0 amide bonds. The number of fused-ring (bicyclic) bond motifs is 4. The van der Waals surface area contributed by atoms with Gasteiger partial charge in [0, 0.05) is 23.3 Å². The third-order valence-electron chi connectivity index (χ3n) is 9.02. The van der Waals surface area contributed by atoms with Crippen molar-refractivity contribution in [3.63, 3.8) is 0 Å². The number of carbonyl (C=O) groups is 3. The maximum absolute atomic E-state index is 14.1. The van der Waals surface area contributed by atoms with Crippen LogP contribution in [0.25, 0.3) is 0 Å². The summed E-state index contributed by atoms with van der Waals surface area (Å²) in [6.45, 7) is 10.6. The van der Waals surface area contributed by atoms with Gasteiger partial charge in [0.2, 0.25) is 0 Å². The first-order chi connectivity index (χ1) is 14.4. The molecule has 3 saturated heterocycles. The molecule has 1 spiro atoms. The molecule has 0 radical (unpaired) electrons. The van der Waals surface area contributed by atoms with Gasteiger partial charge in [-0.15, -0.1) is 0 Å². The molecular weight excluding hydrogens is 404 g/mol. The van der Waals surface area contributed by atoms with Gasteiger partial charge in [0.1, 0.15) is 29.1 Å². The van der Waals surface area contributed by atoms with Crippen molar-refractivity contribution < 1.29 is 38.8 Å². The maximum atomic E-state index is 14.1. The average molecular weight is 434 g/mol. The van der Waals surface area contributed by atoms with E-state index >= 15 is 0 Å². The smallest absolute Gasteiger partial charge is 0.317 e. The average Bonchev–Trinajstić information content (AvgIpc) is 3.14. The van der Waals surface area contributed by atoms with Gasteiger partial charge in [0.15, 0.2) is 5.78 Å². The zero-order valence-corrected chi connectivity index (χ0v) is 18.7. The van der Waals surface area contributed by atoms with Crippen LogP contribution in [0.4, 0.5) is 0 Å². The van der Waals surface area contributed by atoms with Crippen LogP contribution in [0.3, 0.4) is 0 Å². The Morgan fingerprint density at radius 1 is 1.19 bits per heavy atom. The molecule has 5 aliphatic rings. The lowest BCUT2D eigenvalue weighted by atomic mass is 9.48. The minimum Gasteiger partial charge on any atom is -0.466 e. The van der Waals surface area contributed by atoms with Gasteiger partial charge in [-0.05, 0) is 20.8 Å². The summed E-state index contributed by atoms with van der Waals surface area (Å²) in [4.78, 5) is 39.9. The molecule has 170 valence electrons. The van der Waals surface area contributed by atoms with Gasteiger partial charge in [-0.25, -0.2) is 0 Å². The molecule has 3 fully saturated rings. The second-order valence-electron chi connectivity index (χ2n) is 10.3. The number of ether oxygens (including phenoxy) is 3. The van der Waals surface area contributed by atoms with Crippen molar-refractivity contribution >= 4 is 17.7 Å². The van der Waals surface area contributed by atoms with Gasteiger partial charge < -0.3 is 24.4 Å². The third kappa shape index (κ3) is 2.05.